The summed E-state index contributed by atoms with van der Waals surface area (Å²) in [7, 11) is 0. The van der Waals surface area contributed by atoms with Crippen LogP contribution < -0.4 is 5.32 Å². The van der Waals surface area contributed by atoms with Crippen molar-refractivity contribution < 1.29 is 0 Å². The minimum atomic E-state index is 0.820. The molecule has 1 N–H and O–H groups in total. The van der Waals surface area contributed by atoms with Crippen molar-refractivity contribution in [3.05, 3.63) is 30.1 Å². The van der Waals surface area contributed by atoms with E-state index in [1.54, 1.807) is 12.5 Å². The molecule has 0 aliphatic rings. The molecule has 0 radical (unpaired) electrons. The van der Waals surface area contributed by atoms with Crippen molar-refractivity contribution in [3.63, 3.8) is 0 Å². The van der Waals surface area contributed by atoms with Gasteiger partial charge in [-0.05, 0) is 13.8 Å². The highest BCUT2D eigenvalue weighted by atomic mass is 15.1. The average Bonchev–Trinajstić information content (AvgIpc) is 2.85. The Kier molecular flexibility index (Phi) is 3.37. The molecule has 0 spiro atoms. The summed E-state index contributed by atoms with van der Waals surface area (Å²) in [5, 5.41) is 3.27. The molecule has 0 unspecified atom stereocenters. The summed E-state index contributed by atoms with van der Waals surface area (Å²) in [4.78, 5) is 13.1. The second-order valence-corrected chi connectivity index (χ2v) is 3.79. The molecule has 0 aliphatic heterocycles. The molecule has 2 aromatic rings. The van der Waals surface area contributed by atoms with Gasteiger partial charge in [-0.25, -0.2) is 15.0 Å². The number of hydrogen-bond acceptors (Lipinski definition) is 4. The second kappa shape index (κ2) is 4.95. The molecule has 2 aromatic heterocycles. The highest BCUT2D eigenvalue weighted by Gasteiger charge is 2.10. The Morgan fingerprint density at radius 2 is 2.12 bits per heavy atom. The molecule has 17 heavy (non-hydrogen) atoms. The van der Waals surface area contributed by atoms with E-state index >= 15 is 0 Å². The predicted octanol–water partition coefficient (Wildman–Crippen LogP) is 1.96. The summed E-state index contributed by atoms with van der Waals surface area (Å²) in [6.45, 7) is 6.99. The highest BCUT2D eigenvalue weighted by molar-refractivity contribution is 5.51. The van der Waals surface area contributed by atoms with E-state index in [0.717, 1.165) is 36.0 Å². The number of anilines is 1. The summed E-state index contributed by atoms with van der Waals surface area (Å²) < 4.78 is 1.91. The number of nitrogens with one attached hydrogen (secondary N) is 1. The van der Waals surface area contributed by atoms with Gasteiger partial charge < -0.3 is 5.32 Å². The molecule has 0 aromatic carbocycles. The third-order valence-corrected chi connectivity index (χ3v) is 2.58. The van der Waals surface area contributed by atoms with Crippen molar-refractivity contribution >= 4 is 5.82 Å². The average molecular weight is 231 g/mol. The first-order chi connectivity index (χ1) is 8.26. The van der Waals surface area contributed by atoms with E-state index in [-0.39, 0.29) is 0 Å². The Labute approximate surface area is 101 Å². The lowest BCUT2D eigenvalue weighted by molar-refractivity contribution is 0.872. The molecule has 0 atom stereocenters. The van der Waals surface area contributed by atoms with Gasteiger partial charge in [0.05, 0.1) is 0 Å². The van der Waals surface area contributed by atoms with E-state index < -0.39 is 0 Å². The van der Waals surface area contributed by atoms with Gasteiger partial charge in [0.25, 0.3) is 0 Å². The zero-order chi connectivity index (χ0) is 12.3. The monoisotopic (exact) mass is 231 g/mol. The SMILES string of the molecule is CCNc1nc(CC)nc(-n2ccnc2)c1C. The minimum Gasteiger partial charge on any atom is -0.370 e. The van der Waals surface area contributed by atoms with Gasteiger partial charge in [-0.15, -0.1) is 0 Å². The zero-order valence-corrected chi connectivity index (χ0v) is 10.4. The van der Waals surface area contributed by atoms with Gasteiger partial charge in [0.2, 0.25) is 0 Å². The number of aromatic nitrogens is 4. The van der Waals surface area contributed by atoms with Crippen LogP contribution in [0.2, 0.25) is 0 Å². The van der Waals surface area contributed by atoms with Crippen LogP contribution in [0.3, 0.4) is 0 Å². The lowest BCUT2D eigenvalue weighted by atomic mass is 10.3. The maximum Gasteiger partial charge on any atom is 0.146 e. The van der Waals surface area contributed by atoms with Crippen LogP contribution in [0.15, 0.2) is 18.7 Å². The first-order valence-electron chi connectivity index (χ1n) is 5.86. The van der Waals surface area contributed by atoms with Crippen LogP contribution in [-0.4, -0.2) is 26.1 Å². The zero-order valence-electron chi connectivity index (χ0n) is 10.4. The molecule has 2 heterocycles. The van der Waals surface area contributed by atoms with Gasteiger partial charge in [0.1, 0.15) is 23.8 Å². The number of nitrogens with zero attached hydrogens (tertiary/aromatic N) is 4. The molecule has 0 saturated carbocycles. The maximum absolute atomic E-state index is 4.55. The number of hydrogen-bond donors (Lipinski definition) is 1. The largest absolute Gasteiger partial charge is 0.370 e. The summed E-state index contributed by atoms with van der Waals surface area (Å²) in [6, 6.07) is 0. The number of rotatable bonds is 4. The summed E-state index contributed by atoms with van der Waals surface area (Å²) in [5.74, 6) is 2.64. The van der Waals surface area contributed by atoms with E-state index in [1.807, 2.05) is 17.7 Å². The van der Waals surface area contributed by atoms with Crippen molar-refractivity contribution in [3.8, 4) is 5.82 Å². The molecule has 5 heteroatoms. The van der Waals surface area contributed by atoms with Gasteiger partial charge in [-0.1, -0.05) is 6.92 Å². The molecule has 0 amide bonds. The van der Waals surface area contributed by atoms with Crippen LogP contribution in [0.4, 0.5) is 5.82 Å². The molecule has 0 bridgehead atoms. The normalized spacial score (nSPS) is 10.5. The quantitative estimate of drug-likeness (QED) is 0.874. The molecule has 5 nitrogen and oxygen atoms in total. The van der Waals surface area contributed by atoms with Crippen molar-refractivity contribution in [1.29, 1.82) is 0 Å². The Balaban J connectivity index is 2.54. The Hall–Kier alpha value is -1.91. The van der Waals surface area contributed by atoms with E-state index in [2.05, 4.69) is 34.1 Å². The van der Waals surface area contributed by atoms with Crippen molar-refractivity contribution in [2.75, 3.05) is 11.9 Å². The third-order valence-electron chi connectivity index (χ3n) is 2.58. The van der Waals surface area contributed by atoms with Gasteiger partial charge in [0, 0.05) is 30.9 Å². The number of aryl methyl sites for hydroxylation is 1. The van der Waals surface area contributed by atoms with Crippen LogP contribution in [0.5, 0.6) is 0 Å². The van der Waals surface area contributed by atoms with E-state index in [0.29, 0.717) is 0 Å². The van der Waals surface area contributed by atoms with Crippen LogP contribution in [-0.2, 0) is 6.42 Å². The van der Waals surface area contributed by atoms with Gasteiger partial charge >= 0.3 is 0 Å². The molecule has 2 rings (SSSR count). The molecule has 0 aliphatic carbocycles. The fourth-order valence-corrected chi connectivity index (χ4v) is 1.68. The van der Waals surface area contributed by atoms with E-state index in [4.69, 9.17) is 0 Å². The van der Waals surface area contributed by atoms with Crippen molar-refractivity contribution in [1.82, 2.24) is 19.5 Å². The molecule has 90 valence electrons. The minimum absolute atomic E-state index is 0.820. The van der Waals surface area contributed by atoms with Crippen LogP contribution in [0.1, 0.15) is 25.2 Å². The third kappa shape index (κ3) is 2.27. The Bertz CT molecular complexity index is 490. The lowest BCUT2D eigenvalue weighted by Crippen LogP contribution is -2.10. The van der Waals surface area contributed by atoms with Crippen LogP contribution >= 0.6 is 0 Å². The van der Waals surface area contributed by atoms with Gasteiger partial charge in [-0.3, -0.25) is 4.57 Å². The summed E-state index contributed by atoms with van der Waals surface area (Å²) in [5.41, 5.74) is 1.04. The standard InChI is InChI=1S/C12H17N5/c1-4-10-15-11(14-5-2)9(3)12(16-10)17-7-6-13-8-17/h6-8H,4-5H2,1-3H3,(H,14,15,16). The molecular formula is C12H17N5. The Morgan fingerprint density at radius 1 is 1.29 bits per heavy atom. The molecule has 0 fully saturated rings. The summed E-state index contributed by atoms with van der Waals surface area (Å²) in [6.07, 6.45) is 6.22. The maximum atomic E-state index is 4.55. The van der Waals surface area contributed by atoms with Crippen molar-refractivity contribution in [2.24, 2.45) is 0 Å². The van der Waals surface area contributed by atoms with Gasteiger partial charge in [0.15, 0.2) is 0 Å². The topological polar surface area (TPSA) is 55.6 Å². The van der Waals surface area contributed by atoms with Crippen LogP contribution in [0, 0.1) is 6.92 Å². The van der Waals surface area contributed by atoms with Gasteiger partial charge in [-0.2, -0.15) is 0 Å². The number of imidazole rings is 1. The second-order valence-electron chi connectivity index (χ2n) is 3.79. The van der Waals surface area contributed by atoms with E-state index in [9.17, 15) is 0 Å². The van der Waals surface area contributed by atoms with Crippen LogP contribution in [0.25, 0.3) is 5.82 Å². The predicted molar refractivity (Wildman–Crippen MR) is 67.4 cm³/mol. The lowest BCUT2D eigenvalue weighted by Gasteiger charge is -2.12. The summed E-state index contributed by atoms with van der Waals surface area (Å²) >= 11 is 0. The smallest absolute Gasteiger partial charge is 0.146 e. The first kappa shape index (κ1) is 11.6. The molecular weight excluding hydrogens is 214 g/mol. The highest BCUT2D eigenvalue weighted by Crippen LogP contribution is 2.19. The van der Waals surface area contributed by atoms with Crippen molar-refractivity contribution in [2.45, 2.75) is 27.2 Å². The fraction of sp³-hybridized carbons (Fsp3) is 0.417. The fourth-order valence-electron chi connectivity index (χ4n) is 1.68. The Morgan fingerprint density at radius 3 is 2.71 bits per heavy atom. The molecule has 0 saturated heterocycles. The van der Waals surface area contributed by atoms with E-state index in [1.165, 1.54) is 0 Å². The first-order valence-corrected chi connectivity index (χ1v) is 5.86.